The highest BCUT2D eigenvalue weighted by molar-refractivity contribution is 5.46. The van der Waals surface area contributed by atoms with Crippen LogP contribution in [0.5, 0.6) is 0 Å². The summed E-state index contributed by atoms with van der Waals surface area (Å²) in [5.74, 6) is 0. The molecule has 0 heterocycles. The molecule has 47 valence electrons. The van der Waals surface area contributed by atoms with E-state index in [1.165, 1.54) is 5.01 Å². The van der Waals surface area contributed by atoms with Gasteiger partial charge in [-0.1, -0.05) is 6.92 Å². The molecule has 0 rings (SSSR count). The SMILES string of the molecule is CCNN([C]=O)CC. The number of nitrogens with one attached hydrogen (secondary N) is 1. The second-order valence-corrected chi connectivity index (χ2v) is 1.35. The van der Waals surface area contributed by atoms with Gasteiger partial charge in [-0.25, -0.2) is 5.43 Å². The third-order valence-electron chi connectivity index (χ3n) is 0.775. The van der Waals surface area contributed by atoms with Crippen molar-refractivity contribution in [1.82, 2.24) is 10.4 Å². The van der Waals surface area contributed by atoms with Crippen molar-refractivity contribution in [3.63, 3.8) is 0 Å². The van der Waals surface area contributed by atoms with Crippen LogP contribution in [-0.4, -0.2) is 24.5 Å². The molecule has 1 amide bonds. The standard InChI is InChI=1S/C5H11N2O/c1-3-6-7(4-2)5-8/h6H,3-4H2,1-2H3. The zero-order valence-corrected chi connectivity index (χ0v) is 5.27. The summed E-state index contributed by atoms with van der Waals surface area (Å²) < 4.78 is 0. The molecule has 1 N–H and O–H groups in total. The number of hydrogen-bond acceptors (Lipinski definition) is 2. The van der Waals surface area contributed by atoms with Crippen molar-refractivity contribution in [2.24, 2.45) is 0 Å². The molecule has 0 aliphatic heterocycles. The number of hydrazine groups is 1. The molecule has 0 saturated carbocycles. The summed E-state index contributed by atoms with van der Waals surface area (Å²) >= 11 is 0. The van der Waals surface area contributed by atoms with Crippen LogP contribution >= 0.6 is 0 Å². The maximum Gasteiger partial charge on any atom is 0.327 e. The van der Waals surface area contributed by atoms with Gasteiger partial charge in [0.2, 0.25) is 0 Å². The van der Waals surface area contributed by atoms with E-state index >= 15 is 0 Å². The normalized spacial score (nSPS) is 8.75. The molecule has 0 saturated heterocycles. The molecular formula is C5H11N2O. The lowest BCUT2D eigenvalue weighted by molar-refractivity contribution is 0.308. The van der Waals surface area contributed by atoms with E-state index in [0.29, 0.717) is 6.54 Å². The van der Waals surface area contributed by atoms with Gasteiger partial charge in [0.05, 0.1) is 0 Å². The maximum absolute atomic E-state index is 9.86. The summed E-state index contributed by atoms with van der Waals surface area (Å²) in [7, 11) is 0. The number of hydrogen-bond donors (Lipinski definition) is 1. The fourth-order valence-electron chi connectivity index (χ4n) is 0.399. The first-order chi connectivity index (χ1) is 3.85. The zero-order valence-electron chi connectivity index (χ0n) is 5.27. The van der Waals surface area contributed by atoms with Gasteiger partial charge in [0.1, 0.15) is 0 Å². The molecule has 0 aliphatic rings. The van der Waals surface area contributed by atoms with Gasteiger partial charge in [0.15, 0.2) is 0 Å². The molecular weight excluding hydrogens is 104 g/mol. The van der Waals surface area contributed by atoms with Crippen LogP contribution < -0.4 is 5.43 Å². The van der Waals surface area contributed by atoms with Crippen molar-refractivity contribution in [2.45, 2.75) is 13.8 Å². The van der Waals surface area contributed by atoms with E-state index in [1.807, 2.05) is 13.8 Å². The lowest BCUT2D eigenvalue weighted by atomic mass is 10.7. The smallest absolute Gasteiger partial charge is 0.270 e. The van der Waals surface area contributed by atoms with Crippen molar-refractivity contribution < 1.29 is 4.79 Å². The van der Waals surface area contributed by atoms with Gasteiger partial charge in [-0.2, -0.15) is 0 Å². The minimum absolute atomic E-state index is 0.664. The Bertz CT molecular complexity index is 65.4. The summed E-state index contributed by atoms with van der Waals surface area (Å²) in [5, 5.41) is 1.38. The molecule has 0 aromatic rings. The largest absolute Gasteiger partial charge is 0.327 e. The Labute approximate surface area is 49.6 Å². The Morgan fingerprint density at radius 1 is 1.62 bits per heavy atom. The highest BCUT2D eigenvalue weighted by atomic mass is 16.1. The van der Waals surface area contributed by atoms with E-state index in [4.69, 9.17) is 0 Å². The number of nitrogens with zero attached hydrogens (tertiary/aromatic N) is 1. The fourth-order valence-corrected chi connectivity index (χ4v) is 0.399. The molecule has 0 aromatic heterocycles. The van der Waals surface area contributed by atoms with Crippen LogP contribution in [0, 0.1) is 0 Å². The first-order valence-electron chi connectivity index (χ1n) is 2.74. The monoisotopic (exact) mass is 115 g/mol. The summed E-state index contributed by atoms with van der Waals surface area (Å²) in [6.07, 6.45) is 1.72. The van der Waals surface area contributed by atoms with Crippen LogP contribution in [-0.2, 0) is 4.79 Å². The van der Waals surface area contributed by atoms with E-state index < -0.39 is 0 Å². The lowest BCUT2D eigenvalue weighted by Gasteiger charge is -2.11. The molecule has 0 aromatic carbocycles. The molecule has 0 spiro atoms. The Balaban J connectivity index is 3.21. The molecule has 0 atom stereocenters. The molecule has 0 unspecified atom stereocenters. The summed E-state index contributed by atoms with van der Waals surface area (Å²) in [6.45, 7) is 5.24. The highest BCUT2D eigenvalue weighted by Gasteiger charge is 1.91. The van der Waals surface area contributed by atoms with Crippen molar-refractivity contribution >= 4 is 6.41 Å². The molecule has 0 bridgehead atoms. The molecule has 0 fully saturated rings. The molecule has 1 radical (unpaired) electrons. The summed E-state index contributed by atoms with van der Waals surface area (Å²) in [4.78, 5) is 9.86. The van der Waals surface area contributed by atoms with Gasteiger partial charge in [-0.05, 0) is 6.92 Å². The molecule has 3 heteroatoms. The number of carbonyl (C=O) groups excluding carboxylic acids is 1. The topological polar surface area (TPSA) is 32.3 Å². The minimum atomic E-state index is 0.664. The van der Waals surface area contributed by atoms with Gasteiger partial charge >= 0.3 is 6.41 Å². The van der Waals surface area contributed by atoms with Crippen LogP contribution in [0.2, 0.25) is 0 Å². The predicted octanol–water partition coefficient (Wildman–Crippen LogP) is -0.100. The van der Waals surface area contributed by atoms with Crippen LogP contribution in [0.4, 0.5) is 0 Å². The van der Waals surface area contributed by atoms with Crippen LogP contribution in [0.1, 0.15) is 13.8 Å². The average Bonchev–Trinajstić information content (AvgIpc) is 1.83. The van der Waals surface area contributed by atoms with Gasteiger partial charge in [0, 0.05) is 13.1 Å². The van der Waals surface area contributed by atoms with E-state index in [2.05, 4.69) is 5.43 Å². The highest BCUT2D eigenvalue weighted by Crippen LogP contribution is 1.70. The van der Waals surface area contributed by atoms with Crippen LogP contribution in [0.15, 0.2) is 0 Å². The molecule has 0 aliphatic carbocycles. The van der Waals surface area contributed by atoms with Crippen molar-refractivity contribution in [3.8, 4) is 0 Å². The van der Waals surface area contributed by atoms with Crippen LogP contribution in [0.3, 0.4) is 0 Å². The van der Waals surface area contributed by atoms with Crippen LogP contribution in [0.25, 0.3) is 0 Å². The number of amides is 1. The van der Waals surface area contributed by atoms with Gasteiger partial charge in [-0.3, -0.25) is 9.80 Å². The zero-order chi connectivity index (χ0) is 6.41. The second-order valence-electron chi connectivity index (χ2n) is 1.35. The third kappa shape index (κ3) is 2.58. The molecule has 8 heavy (non-hydrogen) atoms. The maximum atomic E-state index is 9.86. The van der Waals surface area contributed by atoms with E-state index in [0.717, 1.165) is 6.54 Å². The van der Waals surface area contributed by atoms with Crippen molar-refractivity contribution in [3.05, 3.63) is 0 Å². The second kappa shape index (κ2) is 4.59. The first kappa shape index (κ1) is 7.43. The van der Waals surface area contributed by atoms with Gasteiger partial charge in [0.25, 0.3) is 0 Å². The summed E-state index contributed by atoms with van der Waals surface area (Å²) in [6, 6.07) is 0. The van der Waals surface area contributed by atoms with E-state index in [1.54, 1.807) is 6.41 Å². The summed E-state index contributed by atoms with van der Waals surface area (Å²) in [5.41, 5.74) is 2.79. The minimum Gasteiger partial charge on any atom is -0.270 e. The Hall–Kier alpha value is -0.570. The van der Waals surface area contributed by atoms with E-state index in [-0.39, 0.29) is 0 Å². The Morgan fingerprint density at radius 2 is 2.25 bits per heavy atom. The Morgan fingerprint density at radius 3 is 2.38 bits per heavy atom. The molecule has 3 nitrogen and oxygen atoms in total. The average molecular weight is 115 g/mol. The Kier molecular flexibility index (Phi) is 4.26. The first-order valence-corrected chi connectivity index (χ1v) is 2.74. The van der Waals surface area contributed by atoms with Crippen molar-refractivity contribution in [1.29, 1.82) is 0 Å². The third-order valence-corrected chi connectivity index (χ3v) is 0.775. The lowest BCUT2D eigenvalue weighted by Crippen LogP contribution is -2.36. The fraction of sp³-hybridized carbons (Fsp3) is 0.800. The van der Waals surface area contributed by atoms with Crippen molar-refractivity contribution in [2.75, 3.05) is 13.1 Å². The van der Waals surface area contributed by atoms with E-state index in [9.17, 15) is 4.79 Å². The quantitative estimate of drug-likeness (QED) is 0.410. The van der Waals surface area contributed by atoms with Gasteiger partial charge < -0.3 is 0 Å². The predicted molar refractivity (Wildman–Crippen MR) is 31.8 cm³/mol. The number of rotatable bonds is 4. The van der Waals surface area contributed by atoms with Gasteiger partial charge in [-0.15, -0.1) is 0 Å².